The van der Waals surface area contributed by atoms with Crippen molar-refractivity contribution in [3.63, 3.8) is 0 Å². The van der Waals surface area contributed by atoms with E-state index >= 15 is 0 Å². The van der Waals surface area contributed by atoms with Crippen LogP contribution in [0.1, 0.15) is 47.9 Å². The van der Waals surface area contributed by atoms with Crippen LogP contribution in [-0.4, -0.2) is 14.1 Å². The Balaban J connectivity index is 0.000000616. The Morgan fingerprint density at radius 1 is 0.473 bits per heavy atom. The van der Waals surface area contributed by atoms with Crippen molar-refractivity contribution < 1.29 is 75.7 Å². The molecule has 0 N–H and O–H groups in total. The molecule has 2 aliphatic heterocycles. The molecular formula is C58H52Cl2N4O10. The summed E-state index contributed by atoms with van der Waals surface area (Å²) >= 11 is 0. The van der Waals surface area contributed by atoms with Gasteiger partial charge in [-0.2, -0.15) is 9.13 Å². The minimum Gasteiger partial charge on any atom is -0.397 e. The van der Waals surface area contributed by atoms with Crippen molar-refractivity contribution in [1.82, 2.24) is 0 Å². The predicted octanol–water partition coefficient (Wildman–Crippen LogP) is 2.72. The van der Waals surface area contributed by atoms with Gasteiger partial charge in [0, 0.05) is 70.6 Å². The number of hydrogen-bond acceptors (Lipinski definition) is 12. The lowest BCUT2D eigenvalue weighted by Crippen LogP contribution is -2.68. The number of fused-ring (bicyclic) bond motifs is 8. The molecule has 0 amide bonds. The first-order chi connectivity index (χ1) is 35.1. The van der Waals surface area contributed by atoms with E-state index in [1.165, 1.54) is 55.8 Å². The number of nitrogens with zero attached hydrogens (tertiary/aromatic N) is 4. The van der Waals surface area contributed by atoms with E-state index in [9.17, 15) is 0 Å². The first-order valence-electron chi connectivity index (χ1n) is 23.5. The Morgan fingerprint density at radius 3 is 1.19 bits per heavy atom. The largest absolute Gasteiger partial charge is 0.397 e. The van der Waals surface area contributed by atoms with Gasteiger partial charge in [-0.3, -0.25) is 0 Å². The number of aromatic nitrogens is 2. The molecule has 0 aliphatic carbocycles. The van der Waals surface area contributed by atoms with Crippen molar-refractivity contribution in [3.8, 4) is 0 Å². The number of likely N-dealkylation sites (N-methyl/N-ethyl adjacent to an activating group) is 2. The SMILES string of the molecule is CN1C(=CC=Cc2oc3c4ccccc4ccc3[n+]2C)C(C)(Cc2ccc(CC3(C)C(=CC=Cc4oc5c6ccccc6ccc5[n+]4C)N(C)c4ccccc43)cc2)c2ccccc21.[O-][Cl+3]([O-])([O-])[O-].[O-][Cl+3]([O-])([O-])[O-]. The molecule has 2 aliphatic rings. The van der Waals surface area contributed by atoms with E-state index in [1.807, 2.05) is 0 Å². The summed E-state index contributed by atoms with van der Waals surface area (Å²) < 4.78 is 85.2. The zero-order valence-electron chi connectivity index (χ0n) is 41.4. The molecule has 0 bridgehead atoms. The summed E-state index contributed by atoms with van der Waals surface area (Å²) in [4.78, 5) is 4.71. The molecule has 0 radical (unpaired) electrons. The normalized spacial score (nSPS) is 18.8. The van der Waals surface area contributed by atoms with Gasteiger partial charge in [0.05, 0.1) is 12.2 Å². The topological polar surface area (TPSA) is 225 Å². The number of benzene rings is 7. The summed E-state index contributed by atoms with van der Waals surface area (Å²) in [6, 6.07) is 52.5. The van der Waals surface area contributed by atoms with Crippen molar-refractivity contribution in [3.05, 3.63) is 215 Å². The Morgan fingerprint density at radius 2 is 0.811 bits per heavy atom. The van der Waals surface area contributed by atoms with Gasteiger partial charge >= 0.3 is 11.8 Å². The van der Waals surface area contributed by atoms with Crippen molar-refractivity contribution in [1.29, 1.82) is 0 Å². The molecule has 14 nitrogen and oxygen atoms in total. The van der Waals surface area contributed by atoms with Crippen molar-refractivity contribution in [2.24, 2.45) is 14.1 Å². The van der Waals surface area contributed by atoms with Crippen LogP contribution in [0.5, 0.6) is 0 Å². The summed E-state index contributed by atoms with van der Waals surface area (Å²) in [6.07, 6.45) is 14.8. The molecule has 0 saturated heterocycles. The van der Waals surface area contributed by atoms with E-state index in [0.29, 0.717) is 0 Å². The Hall–Kier alpha value is -7.18. The fourth-order valence-electron chi connectivity index (χ4n) is 10.8. The van der Waals surface area contributed by atoms with Crippen LogP contribution in [0.3, 0.4) is 0 Å². The lowest BCUT2D eigenvalue weighted by Gasteiger charge is -2.30. The van der Waals surface area contributed by atoms with E-state index in [0.717, 1.165) is 57.6 Å². The minimum atomic E-state index is -4.94. The Labute approximate surface area is 431 Å². The molecule has 11 rings (SSSR count). The number of halogens is 2. The van der Waals surface area contributed by atoms with Gasteiger partial charge in [-0.1, -0.05) is 121 Å². The molecule has 7 aromatic carbocycles. The van der Waals surface area contributed by atoms with Gasteiger partial charge in [-0.05, 0) is 96.1 Å². The standard InChI is InChI=1S/C58H52N4O2.2ClHO4/c1-57(45-21-11-13-23-47(45)59(3)51(57)25-15-27-53-61(5)49-35-33-41-17-7-9-19-43(41)55(49)63-53)37-39-29-31-40(32-30-39)38-58(2)46-22-12-14-24-48(46)60(4)52(58)26-16-28-54-62(6)50-36-34-42-18-8-10-20-44(42)56(50)64-54;2*2-1(3,4)5/h7-36H,37-38H2,1-6H3;2*(H,2,3,4,5)/q+2;;/p-2. The quantitative estimate of drug-likeness (QED) is 0.201. The molecule has 0 saturated carbocycles. The highest BCUT2D eigenvalue weighted by Gasteiger charge is 2.43. The highest BCUT2D eigenvalue weighted by atomic mass is 35.7. The first-order valence-corrected chi connectivity index (χ1v) is 26.0. The summed E-state index contributed by atoms with van der Waals surface area (Å²) in [5.74, 6) is 1.62. The van der Waals surface area contributed by atoms with Gasteiger partial charge in [-0.25, -0.2) is 37.3 Å². The maximum absolute atomic E-state index is 8.49. The van der Waals surface area contributed by atoms with Gasteiger partial charge in [0.15, 0.2) is 0 Å². The number of rotatable bonds is 8. The molecule has 2 atom stereocenters. The lowest BCUT2D eigenvalue weighted by molar-refractivity contribution is -2.00. The second-order valence-corrected chi connectivity index (χ2v) is 20.3. The Bertz CT molecular complexity index is 3430. The molecule has 0 spiro atoms. The van der Waals surface area contributed by atoms with Crippen LogP contribution >= 0.6 is 0 Å². The molecule has 0 fully saturated rings. The van der Waals surface area contributed by atoms with Crippen LogP contribution in [0.2, 0.25) is 0 Å². The van der Waals surface area contributed by atoms with Gasteiger partial charge in [0.25, 0.3) is 11.0 Å². The number of oxazole rings is 2. The van der Waals surface area contributed by atoms with E-state index < -0.39 is 20.5 Å². The van der Waals surface area contributed by atoms with E-state index in [1.54, 1.807) is 0 Å². The zero-order valence-corrected chi connectivity index (χ0v) is 42.9. The molecule has 9 aromatic rings. The first kappa shape index (κ1) is 51.7. The molecule has 378 valence electrons. The lowest BCUT2D eigenvalue weighted by atomic mass is 9.75. The molecule has 16 heteroatoms. The maximum atomic E-state index is 8.49. The fourth-order valence-corrected chi connectivity index (χ4v) is 10.8. The second kappa shape index (κ2) is 20.3. The van der Waals surface area contributed by atoms with Crippen LogP contribution in [0.4, 0.5) is 11.4 Å². The zero-order chi connectivity index (χ0) is 52.7. The molecule has 2 unspecified atom stereocenters. The average Bonchev–Trinajstić information content (AvgIpc) is 4.00. The van der Waals surface area contributed by atoms with Crippen molar-refractivity contribution in [2.45, 2.75) is 37.5 Å². The molecule has 2 aromatic heterocycles. The molecule has 74 heavy (non-hydrogen) atoms. The maximum Gasteiger partial charge on any atom is 0.373 e. The van der Waals surface area contributed by atoms with Gasteiger partial charge in [0.1, 0.15) is 14.1 Å². The third-order valence-corrected chi connectivity index (χ3v) is 14.2. The van der Waals surface area contributed by atoms with Crippen LogP contribution in [0, 0.1) is 20.5 Å². The van der Waals surface area contributed by atoms with E-state index in [-0.39, 0.29) is 10.8 Å². The van der Waals surface area contributed by atoms with Gasteiger partial charge in [-0.15, -0.1) is 20.5 Å². The smallest absolute Gasteiger partial charge is 0.373 e. The third-order valence-electron chi connectivity index (χ3n) is 14.2. The Kier molecular flexibility index (Phi) is 14.2. The van der Waals surface area contributed by atoms with E-state index in [4.69, 9.17) is 46.1 Å². The van der Waals surface area contributed by atoms with Crippen molar-refractivity contribution in [2.75, 3.05) is 23.9 Å². The van der Waals surface area contributed by atoms with E-state index in [2.05, 4.69) is 243 Å². The average molecular weight is 1040 g/mol. The number of aryl methyl sites for hydroxylation is 2. The van der Waals surface area contributed by atoms with Crippen LogP contribution in [0.25, 0.3) is 55.9 Å². The van der Waals surface area contributed by atoms with Crippen LogP contribution in [-0.2, 0) is 37.8 Å². The summed E-state index contributed by atoms with van der Waals surface area (Å²) in [5.41, 5.74) is 13.8. The molecule has 4 heterocycles. The number of anilines is 2. The van der Waals surface area contributed by atoms with Crippen LogP contribution in [0.15, 0.2) is 190 Å². The highest BCUT2D eigenvalue weighted by molar-refractivity contribution is 6.02. The summed E-state index contributed by atoms with van der Waals surface area (Å²) in [7, 11) is -1.36. The third kappa shape index (κ3) is 10.5. The summed E-state index contributed by atoms with van der Waals surface area (Å²) in [5, 5.41) is 4.60. The van der Waals surface area contributed by atoms with Crippen molar-refractivity contribution >= 4 is 67.3 Å². The number of para-hydroxylation sites is 2. The number of allylic oxidation sites excluding steroid dienone is 6. The predicted molar refractivity (Wildman–Crippen MR) is 262 cm³/mol. The summed E-state index contributed by atoms with van der Waals surface area (Å²) in [6.45, 7) is 4.78. The fraction of sp³-hybridized carbons (Fsp3) is 0.172. The number of hydrogen-bond donors (Lipinski definition) is 0. The minimum absolute atomic E-state index is 0.242. The monoisotopic (exact) mass is 1030 g/mol. The molecular weight excluding hydrogens is 984 g/mol. The van der Waals surface area contributed by atoms with Gasteiger partial charge < -0.3 is 18.6 Å². The second-order valence-electron chi connectivity index (χ2n) is 18.8. The van der Waals surface area contributed by atoms with Gasteiger partial charge in [0.2, 0.25) is 11.2 Å². The highest BCUT2D eigenvalue weighted by Crippen LogP contribution is 2.50. The van der Waals surface area contributed by atoms with Crippen LogP contribution < -0.4 is 56.2 Å².